The Kier molecular flexibility index (Phi) is 4.77. The first-order chi connectivity index (χ1) is 4.16. The normalized spacial score (nSPS) is 15.2. The maximum Gasteiger partial charge on any atom is 0.505 e. The molecule has 0 rings (SSSR count). The minimum Gasteiger partial charge on any atom is -0.328 e. The fourth-order valence-corrected chi connectivity index (χ4v) is 0.869. The predicted octanol–water partition coefficient (Wildman–Crippen LogP) is 0.408. The number of hydrogen-bond acceptors (Lipinski definition) is 2. The zero-order valence-corrected chi connectivity index (χ0v) is 5.85. The molecule has 0 spiro atoms. The Balaban J connectivity index is 3.16. The van der Waals surface area contributed by atoms with Gasteiger partial charge in [-0.05, 0) is 4.57 Å². The standard InChI is InChI=1S/C4H9FNO2P/c5-4(3-6)1-2-9(7)8/h4H,1-3,6H2/p+1. The van der Waals surface area contributed by atoms with Gasteiger partial charge in [0.2, 0.25) is 0 Å². The Morgan fingerprint density at radius 3 is 2.67 bits per heavy atom. The zero-order valence-electron chi connectivity index (χ0n) is 4.96. The summed E-state index contributed by atoms with van der Waals surface area (Å²) in [6.07, 6.45) is -1.04. The van der Waals surface area contributed by atoms with Gasteiger partial charge in [0.05, 0.1) is 0 Å². The van der Waals surface area contributed by atoms with Crippen LogP contribution in [0.1, 0.15) is 6.42 Å². The van der Waals surface area contributed by atoms with Crippen molar-refractivity contribution in [3.63, 3.8) is 0 Å². The van der Waals surface area contributed by atoms with Crippen molar-refractivity contribution < 1.29 is 13.8 Å². The van der Waals surface area contributed by atoms with E-state index in [1.54, 1.807) is 0 Å². The molecule has 0 fully saturated rings. The van der Waals surface area contributed by atoms with Crippen molar-refractivity contribution in [3.8, 4) is 0 Å². The molecule has 0 aromatic rings. The highest BCUT2D eigenvalue weighted by Crippen LogP contribution is 2.15. The van der Waals surface area contributed by atoms with Crippen LogP contribution in [-0.4, -0.2) is 23.8 Å². The highest BCUT2D eigenvalue weighted by atomic mass is 31.1. The second-order valence-corrected chi connectivity index (χ2v) is 2.85. The summed E-state index contributed by atoms with van der Waals surface area (Å²) in [4.78, 5) is 8.20. The van der Waals surface area contributed by atoms with Gasteiger partial charge in [-0.25, -0.2) is 4.39 Å². The average molecular weight is 154 g/mol. The van der Waals surface area contributed by atoms with Crippen LogP contribution >= 0.6 is 8.03 Å². The zero-order chi connectivity index (χ0) is 7.28. The molecule has 3 nitrogen and oxygen atoms in total. The van der Waals surface area contributed by atoms with Gasteiger partial charge >= 0.3 is 8.03 Å². The fraction of sp³-hybridized carbons (Fsp3) is 1.00. The summed E-state index contributed by atoms with van der Waals surface area (Å²) in [6.45, 7) is -0.0663. The molecule has 9 heavy (non-hydrogen) atoms. The van der Waals surface area contributed by atoms with Crippen LogP contribution in [0.3, 0.4) is 0 Å². The lowest BCUT2D eigenvalue weighted by Crippen LogP contribution is -2.15. The number of nitrogens with two attached hydrogens (primary N) is 1. The van der Waals surface area contributed by atoms with Crippen molar-refractivity contribution in [1.29, 1.82) is 0 Å². The van der Waals surface area contributed by atoms with Gasteiger partial charge in [-0.2, -0.15) is 4.89 Å². The van der Waals surface area contributed by atoms with Crippen LogP contribution in [0, 0.1) is 0 Å². The third kappa shape index (κ3) is 5.83. The van der Waals surface area contributed by atoms with Gasteiger partial charge in [0.25, 0.3) is 0 Å². The lowest BCUT2D eigenvalue weighted by Gasteiger charge is -1.95. The Labute approximate surface area is 53.9 Å². The van der Waals surface area contributed by atoms with E-state index in [0.717, 1.165) is 0 Å². The molecule has 2 unspecified atom stereocenters. The molecule has 2 atom stereocenters. The first-order valence-corrected chi connectivity index (χ1v) is 4.04. The molecule has 0 radical (unpaired) electrons. The molecule has 0 saturated carbocycles. The van der Waals surface area contributed by atoms with E-state index < -0.39 is 14.2 Å². The van der Waals surface area contributed by atoms with Crippen LogP contribution in [0.15, 0.2) is 0 Å². The van der Waals surface area contributed by atoms with Crippen LogP contribution < -0.4 is 5.73 Å². The summed E-state index contributed by atoms with van der Waals surface area (Å²) in [5, 5.41) is 0. The predicted molar refractivity (Wildman–Crippen MR) is 33.3 cm³/mol. The molecule has 0 aromatic heterocycles. The van der Waals surface area contributed by atoms with Crippen LogP contribution in [0.4, 0.5) is 4.39 Å². The van der Waals surface area contributed by atoms with Gasteiger partial charge in [0.1, 0.15) is 6.17 Å². The summed E-state index contributed by atoms with van der Waals surface area (Å²) in [6, 6.07) is 0. The molecule has 0 bridgehead atoms. The third-order valence-electron chi connectivity index (χ3n) is 0.889. The highest BCUT2D eigenvalue weighted by molar-refractivity contribution is 7.37. The summed E-state index contributed by atoms with van der Waals surface area (Å²) in [5.41, 5.74) is 4.91. The van der Waals surface area contributed by atoms with Crippen molar-refractivity contribution in [1.82, 2.24) is 0 Å². The fourth-order valence-electron chi connectivity index (χ4n) is 0.368. The smallest absolute Gasteiger partial charge is 0.328 e. The van der Waals surface area contributed by atoms with E-state index in [4.69, 9.17) is 10.6 Å². The van der Waals surface area contributed by atoms with Crippen molar-refractivity contribution in [2.75, 3.05) is 12.7 Å². The van der Waals surface area contributed by atoms with Gasteiger partial charge in [0, 0.05) is 13.0 Å². The molecule has 0 saturated heterocycles. The topological polar surface area (TPSA) is 63.3 Å². The molecule has 54 valence electrons. The highest BCUT2D eigenvalue weighted by Gasteiger charge is 2.13. The summed E-state index contributed by atoms with van der Waals surface area (Å²) in [7, 11) is -2.18. The number of halogens is 1. The number of hydrogen-bond donors (Lipinski definition) is 2. The van der Waals surface area contributed by atoms with Gasteiger partial charge in [-0.1, -0.05) is 0 Å². The average Bonchev–Trinajstić information content (AvgIpc) is 1.83. The third-order valence-corrected chi connectivity index (χ3v) is 1.53. The lowest BCUT2D eigenvalue weighted by molar-refractivity contribution is 0.331. The molecule has 0 aromatic carbocycles. The maximum absolute atomic E-state index is 12.1. The summed E-state index contributed by atoms with van der Waals surface area (Å²) in [5.74, 6) is 0. The summed E-state index contributed by atoms with van der Waals surface area (Å²) >= 11 is 0. The van der Waals surface area contributed by atoms with E-state index in [0.29, 0.717) is 0 Å². The van der Waals surface area contributed by atoms with Crippen molar-refractivity contribution in [2.45, 2.75) is 12.6 Å². The molecule has 0 aliphatic rings. The number of rotatable bonds is 4. The minimum atomic E-state index is -2.18. The summed E-state index contributed by atoms with van der Waals surface area (Å²) < 4.78 is 22.1. The molecule has 5 heteroatoms. The quantitative estimate of drug-likeness (QED) is 0.576. The van der Waals surface area contributed by atoms with E-state index in [-0.39, 0.29) is 19.1 Å². The molecular weight excluding hydrogens is 144 g/mol. The molecule has 3 N–H and O–H groups in total. The molecule has 0 heterocycles. The SMILES string of the molecule is NCC(F)CC[P+](=O)O. The van der Waals surface area contributed by atoms with Crippen LogP contribution in [0.5, 0.6) is 0 Å². The van der Waals surface area contributed by atoms with Crippen molar-refractivity contribution in [3.05, 3.63) is 0 Å². The van der Waals surface area contributed by atoms with Crippen LogP contribution in [0.25, 0.3) is 0 Å². The van der Waals surface area contributed by atoms with E-state index >= 15 is 0 Å². The molecule has 0 aliphatic carbocycles. The number of alkyl halides is 1. The van der Waals surface area contributed by atoms with Gasteiger partial charge in [0.15, 0.2) is 6.16 Å². The molecular formula is C4H10FNO2P+. The maximum atomic E-state index is 12.1. The second-order valence-electron chi connectivity index (χ2n) is 1.70. The Morgan fingerprint density at radius 2 is 2.33 bits per heavy atom. The van der Waals surface area contributed by atoms with E-state index in [2.05, 4.69) is 0 Å². The Bertz CT molecular complexity index is 101. The largest absolute Gasteiger partial charge is 0.505 e. The molecule has 0 amide bonds. The van der Waals surface area contributed by atoms with Gasteiger partial charge < -0.3 is 5.73 Å². The minimum absolute atomic E-state index is 0.00764. The van der Waals surface area contributed by atoms with Crippen LogP contribution in [0.2, 0.25) is 0 Å². The van der Waals surface area contributed by atoms with Crippen molar-refractivity contribution in [2.24, 2.45) is 5.73 Å². The Morgan fingerprint density at radius 1 is 1.78 bits per heavy atom. The monoisotopic (exact) mass is 154 g/mol. The Hall–Kier alpha value is -0.0500. The first kappa shape index (κ1) is 8.95. The van der Waals surface area contributed by atoms with E-state index in [1.165, 1.54) is 0 Å². The first-order valence-electron chi connectivity index (χ1n) is 2.64. The van der Waals surface area contributed by atoms with Gasteiger partial charge in [-0.15, -0.1) is 0 Å². The molecule has 0 aliphatic heterocycles. The van der Waals surface area contributed by atoms with Crippen molar-refractivity contribution >= 4 is 8.03 Å². The van der Waals surface area contributed by atoms with Crippen LogP contribution in [-0.2, 0) is 4.57 Å². The van der Waals surface area contributed by atoms with E-state index in [9.17, 15) is 8.96 Å². The second kappa shape index (κ2) is 4.79. The van der Waals surface area contributed by atoms with Gasteiger partial charge in [-0.3, -0.25) is 0 Å². The lowest BCUT2D eigenvalue weighted by atomic mass is 10.3. The van der Waals surface area contributed by atoms with E-state index in [1.807, 2.05) is 0 Å².